The standard InChI is InChI=1S/C19H15FN2O4/c20-13-7-3-4-8-14(13)21-17(24)15-9-10-16(23)22(15)18-11-5-1-2-6-12(11)19(25)26-18/h1-8,15,18H,9-10H2,(H,21,24)/t15-,18-/m1/s1. The Balaban J connectivity index is 1.62. The number of esters is 1. The van der Waals surface area contributed by atoms with Crippen LogP contribution in [0.3, 0.4) is 0 Å². The second kappa shape index (κ2) is 6.25. The van der Waals surface area contributed by atoms with Crippen LogP contribution in [-0.4, -0.2) is 28.7 Å². The molecular formula is C19H15FN2O4. The molecule has 1 N–H and O–H groups in total. The average molecular weight is 354 g/mol. The first kappa shape index (κ1) is 16.3. The van der Waals surface area contributed by atoms with E-state index >= 15 is 0 Å². The van der Waals surface area contributed by atoms with Crippen molar-refractivity contribution in [3.63, 3.8) is 0 Å². The molecule has 2 aromatic rings. The highest BCUT2D eigenvalue weighted by Crippen LogP contribution is 2.38. The van der Waals surface area contributed by atoms with E-state index in [0.717, 1.165) is 0 Å². The number of cyclic esters (lactones) is 1. The van der Waals surface area contributed by atoms with Crippen molar-refractivity contribution in [2.75, 3.05) is 5.32 Å². The molecule has 0 radical (unpaired) electrons. The number of nitrogens with one attached hydrogen (secondary N) is 1. The van der Waals surface area contributed by atoms with Crippen LogP contribution in [0, 0.1) is 5.82 Å². The van der Waals surface area contributed by atoms with Crippen molar-refractivity contribution in [3.8, 4) is 0 Å². The van der Waals surface area contributed by atoms with Gasteiger partial charge in [-0.3, -0.25) is 14.5 Å². The number of carbonyl (C=O) groups is 3. The van der Waals surface area contributed by atoms with Crippen LogP contribution in [0.1, 0.15) is 35.0 Å². The van der Waals surface area contributed by atoms with Gasteiger partial charge < -0.3 is 10.1 Å². The number of anilines is 1. The molecule has 4 rings (SSSR count). The number of rotatable bonds is 3. The number of hydrogen-bond acceptors (Lipinski definition) is 4. The van der Waals surface area contributed by atoms with E-state index in [1.165, 1.54) is 23.1 Å². The molecule has 0 saturated carbocycles. The number of ether oxygens (including phenoxy) is 1. The molecular weight excluding hydrogens is 339 g/mol. The predicted octanol–water partition coefficient (Wildman–Crippen LogP) is 2.62. The molecule has 0 bridgehead atoms. The quantitative estimate of drug-likeness (QED) is 0.860. The number of nitrogens with zero attached hydrogens (tertiary/aromatic N) is 1. The number of hydrogen-bond donors (Lipinski definition) is 1. The second-order valence-electron chi connectivity index (χ2n) is 6.17. The fraction of sp³-hybridized carbons (Fsp3) is 0.211. The van der Waals surface area contributed by atoms with Gasteiger partial charge in [0, 0.05) is 12.0 Å². The molecule has 0 aliphatic carbocycles. The van der Waals surface area contributed by atoms with E-state index in [4.69, 9.17) is 4.74 Å². The number of halogens is 1. The lowest BCUT2D eigenvalue weighted by atomic mass is 10.1. The van der Waals surface area contributed by atoms with Crippen LogP contribution in [0.5, 0.6) is 0 Å². The van der Waals surface area contributed by atoms with E-state index in [1.807, 2.05) is 0 Å². The number of carbonyl (C=O) groups excluding carboxylic acids is 3. The normalized spacial score (nSPS) is 21.5. The molecule has 7 heteroatoms. The third-order valence-corrected chi connectivity index (χ3v) is 4.61. The summed E-state index contributed by atoms with van der Waals surface area (Å²) in [6.07, 6.45) is -0.508. The largest absolute Gasteiger partial charge is 0.433 e. The Morgan fingerprint density at radius 3 is 2.65 bits per heavy atom. The van der Waals surface area contributed by atoms with Gasteiger partial charge in [0.1, 0.15) is 11.9 Å². The highest BCUT2D eigenvalue weighted by atomic mass is 19.1. The zero-order valence-corrected chi connectivity index (χ0v) is 13.6. The Kier molecular flexibility index (Phi) is 3.91. The van der Waals surface area contributed by atoms with E-state index in [0.29, 0.717) is 11.1 Å². The summed E-state index contributed by atoms with van der Waals surface area (Å²) < 4.78 is 19.1. The van der Waals surface area contributed by atoms with Crippen molar-refractivity contribution in [3.05, 3.63) is 65.5 Å². The van der Waals surface area contributed by atoms with Crippen LogP contribution >= 0.6 is 0 Å². The maximum atomic E-state index is 13.8. The first-order valence-electron chi connectivity index (χ1n) is 8.23. The van der Waals surface area contributed by atoms with Gasteiger partial charge in [0.25, 0.3) is 0 Å². The van der Waals surface area contributed by atoms with Crippen molar-refractivity contribution in [2.45, 2.75) is 25.1 Å². The zero-order chi connectivity index (χ0) is 18.3. The number of amides is 2. The van der Waals surface area contributed by atoms with Gasteiger partial charge in [0.05, 0.1) is 11.3 Å². The topological polar surface area (TPSA) is 75.7 Å². The molecule has 1 saturated heterocycles. The average Bonchev–Trinajstić information content (AvgIpc) is 3.17. The van der Waals surface area contributed by atoms with Gasteiger partial charge in [0.15, 0.2) is 0 Å². The molecule has 6 nitrogen and oxygen atoms in total. The summed E-state index contributed by atoms with van der Waals surface area (Å²) in [7, 11) is 0. The summed E-state index contributed by atoms with van der Waals surface area (Å²) in [5.41, 5.74) is 0.975. The molecule has 132 valence electrons. The highest BCUT2D eigenvalue weighted by molar-refractivity contribution is 6.00. The van der Waals surface area contributed by atoms with Crippen molar-refractivity contribution in [1.29, 1.82) is 0 Å². The Labute approximate surface area is 148 Å². The maximum Gasteiger partial charge on any atom is 0.340 e. The van der Waals surface area contributed by atoms with Gasteiger partial charge in [-0.25, -0.2) is 9.18 Å². The van der Waals surface area contributed by atoms with Crippen LogP contribution in [0.4, 0.5) is 10.1 Å². The van der Waals surface area contributed by atoms with Crippen molar-refractivity contribution in [1.82, 2.24) is 4.90 Å². The van der Waals surface area contributed by atoms with Gasteiger partial charge in [-0.1, -0.05) is 30.3 Å². The van der Waals surface area contributed by atoms with Gasteiger partial charge in [-0.15, -0.1) is 0 Å². The van der Waals surface area contributed by atoms with Crippen LogP contribution in [0.2, 0.25) is 0 Å². The second-order valence-corrected chi connectivity index (χ2v) is 6.17. The fourth-order valence-corrected chi connectivity index (χ4v) is 3.37. The highest BCUT2D eigenvalue weighted by Gasteiger charge is 2.46. The number of likely N-dealkylation sites (tertiary alicyclic amines) is 1. The summed E-state index contributed by atoms with van der Waals surface area (Å²) in [5, 5.41) is 2.51. The minimum Gasteiger partial charge on any atom is -0.433 e. The summed E-state index contributed by atoms with van der Waals surface area (Å²) in [4.78, 5) is 38.4. The van der Waals surface area contributed by atoms with Gasteiger partial charge in [0.2, 0.25) is 18.0 Å². The molecule has 1 fully saturated rings. The number of para-hydroxylation sites is 1. The molecule has 2 aliphatic rings. The molecule has 26 heavy (non-hydrogen) atoms. The Morgan fingerprint density at radius 1 is 1.12 bits per heavy atom. The number of fused-ring (bicyclic) bond motifs is 1. The first-order valence-corrected chi connectivity index (χ1v) is 8.23. The third-order valence-electron chi connectivity index (χ3n) is 4.61. The minimum atomic E-state index is -0.940. The lowest BCUT2D eigenvalue weighted by molar-refractivity contribution is -0.144. The molecule has 2 amide bonds. The molecule has 0 spiro atoms. The van der Waals surface area contributed by atoms with Crippen molar-refractivity contribution < 1.29 is 23.5 Å². The summed E-state index contributed by atoms with van der Waals surface area (Å²) in [6, 6.07) is 11.7. The SMILES string of the molecule is O=C1O[C@@H](N2C(=O)CC[C@@H]2C(=O)Nc2ccccc2F)c2ccccc21. The first-order chi connectivity index (χ1) is 12.6. The predicted molar refractivity (Wildman–Crippen MR) is 89.5 cm³/mol. The van der Waals surface area contributed by atoms with Gasteiger partial charge >= 0.3 is 5.97 Å². The van der Waals surface area contributed by atoms with E-state index < -0.39 is 30.0 Å². The van der Waals surface area contributed by atoms with E-state index in [-0.39, 0.29) is 24.4 Å². The monoisotopic (exact) mass is 354 g/mol. The van der Waals surface area contributed by atoms with Gasteiger partial charge in [-0.2, -0.15) is 0 Å². The van der Waals surface area contributed by atoms with Crippen molar-refractivity contribution in [2.24, 2.45) is 0 Å². The molecule has 0 aromatic heterocycles. The fourth-order valence-electron chi connectivity index (χ4n) is 3.37. The summed E-state index contributed by atoms with van der Waals surface area (Å²) >= 11 is 0. The molecule has 2 aromatic carbocycles. The molecule has 0 unspecified atom stereocenters. The smallest absolute Gasteiger partial charge is 0.340 e. The maximum absolute atomic E-state index is 13.8. The van der Waals surface area contributed by atoms with Crippen molar-refractivity contribution >= 4 is 23.5 Å². The lowest BCUT2D eigenvalue weighted by Crippen LogP contribution is -2.44. The third kappa shape index (κ3) is 2.61. The van der Waals surface area contributed by atoms with E-state index in [9.17, 15) is 18.8 Å². The minimum absolute atomic E-state index is 0.0422. The van der Waals surface area contributed by atoms with Crippen LogP contribution < -0.4 is 5.32 Å². The molecule has 2 heterocycles. The van der Waals surface area contributed by atoms with E-state index in [1.54, 1.807) is 30.3 Å². The Morgan fingerprint density at radius 2 is 1.85 bits per heavy atom. The van der Waals surface area contributed by atoms with Crippen LogP contribution in [0.25, 0.3) is 0 Å². The summed E-state index contributed by atoms with van der Waals surface area (Å²) in [5.74, 6) is -1.89. The zero-order valence-electron chi connectivity index (χ0n) is 13.6. The summed E-state index contributed by atoms with van der Waals surface area (Å²) in [6.45, 7) is 0. The van der Waals surface area contributed by atoms with Crippen LogP contribution in [0.15, 0.2) is 48.5 Å². The molecule has 2 aliphatic heterocycles. The van der Waals surface area contributed by atoms with Gasteiger partial charge in [-0.05, 0) is 24.6 Å². The number of benzene rings is 2. The lowest BCUT2D eigenvalue weighted by Gasteiger charge is -2.29. The Hall–Kier alpha value is -3.22. The molecule has 2 atom stereocenters. The van der Waals surface area contributed by atoms with E-state index in [2.05, 4.69) is 5.32 Å². The Bertz CT molecular complexity index is 914. The van der Waals surface area contributed by atoms with Crippen LogP contribution in [-0.2, 0) is 14.3 Å².